The van der Waals surface area contributed by atoms with Gasteiger partial charge in [0.15, 0.2) is 5.75 Å². The van der Waals surface area contributed by atoms with Crippen molar-refractivity contribution in [3.8, 4) is 5.75 Å². The minimum absolute atomic E-state index is 0.0620. The number of rotatable bonds is 1. The first kappa shape index (κ1) is 11.3. The van der Waals surface area contributed by atoms with E-state index >= 15 is 0 Å². The molecule has 0 amide bonds. The third-order valence-corrected chi connectivity index (χ3v) is 3.13. The molecule has 0 saturated carbocycles. The van der Waals surface area contributed by atoms with Crippen LogP contribution in [0.2, 0.25) is 0 Å². The molecule has 0 aliphatic rings. The first-order valence-electron chi connectivity index (χ1n) is 5.46. The Morgan fingerprint density at radius 3 is 2.84 bits per heavy atom. The van der Waals surface area contributed by atoms with E-state index in [9.17, 15) is 14.7 Å². The van der Waals surface area contributed by atoms with Crippen LogP contribution in [0, 0.1) is 6.92 Å². The Labute approximate surface area is 105 Å². The number of aromatic amines is 1. The van der Waals surface area contributed by atoms with E-state index in [1.54, 1.807) is 13.0 Å². The number of nitrogens with one attached hydrogen (secondary N) is 1. The Bertz CT molecular complexity index is 891. The molecule has 0 saturated heterocycles. The highest BCUT2D eigenvalue weighted by atomic mass is 16.4. The third kappa shape index (κ3) is 1.41. The van der Waals surface area contributed by atoms with E-state index in [4.69, 9.17) is 5.11 Å². The quantitative estimate of drug-likeness (QED) is 0.601. The molecule has 3 N–H and O–H groups in total. The smallest absolute Gasteiger partial charge is 0.348 e. The Morgan fingerprint density at radius 1 is 1.42 bits per heavy atom. The van der Waals surface area contributed by atoms with Crippen molar-refractivity contribution in [1.82, 2.24) is 14.6 Å². The van der Waals surface area contributed by atoms with Crippen LogP contribution < -0.4 is 5.69 Å². The zero-order chi connectivity index (χ0) is 13.7. The molecule has 3 rings (SSSR count). The number of aryl methyl sites for hydroxylation is 1. The van der Waals surface area contributed by atoms with Crippen LogP contribution in [0.25, 0.3) is 16.6 Å². The topological polar surface area (TPSA) is 108 Å². The fourth-order valence-electron chi connectivity index (χ4n) is 2.14. The predicted octanol–water partition coefficient (Wildman–Crippen LogP) is 0.888. The normalized spacial score (nSPS) is 11.2. The number of nitrogens with zero attached hydrogens (tertiary/aromatic N) is 2. The molecule has 96 valence electrons. The summed E-state index contributed by atoms with van der Waals surface area (Å²) in [5.41, 5.74) is 0.546. The Hall–Kier alpha value is -2.83. The summed E-state index contributed by atoms with van der Waals surface area (Å²) in [6.45, 7) is 1.68. The maximum Gasteiger partial charge on any atom is 0.348 e. The van der Waals surface area contributed by atoms with E-state index in [0.29, 0.717) is 16.5 Å². The average Bonchev–Trinajstić information content (AvgIpc) is 2.77. The highest BCUT2D eigenvalue weighted by molar-refractivity contribution is 5.96. The van der Waals surface area contributed by atoms with Gasteiger partial charge in [-0.15, -0.1) is 5.10 Å². The number of carboxylic acids is 1. The lowest BCUT2D eigenvalue weighted by Crippen LogP contribution is -2.11. The van der Waals surface area contributed by atoms with Crippen LogP contribution in [0.5, 0.6) is 5.75 Å². The van der Waals surface area contributed by atoms with Gasteiger partial charge in [-0.3, -0.25) is 0 Å². The van der Waals surface area contributed by atoms with Gasteiger partial charge >= 0.3 is 11.7 Å². The second-order valence-electron chi connectivity index (χ2n) is 4.20. The van der Waals surface area contributed by atoms with Gasteiger partial charge in [-0.1, -0.05) is 6.07 Å². The van der Waals surface area contributed by atoms with E-state index in [1.807, 2.05) is 0 Å². The maximum absolute atomic E-state index is 11.7. The number of pyridine rings is 1. The number of aromatic nitrogens is 3. The molecule has 0 fully saturated rings. The monoisotopic (exact) mass is 259 g/mol. The molecule has 1 aromatic carbocycles. The van der Waals surface area contributed by atoms with E-state index in [2.05, 4.69) is 10.2 Å². The predicted molar refractivity (Wildman–Crippen MR) is 66.7 cm³/mol. The summed E-state index contributed by atoms with van der Waals surface area (Å²) >= 11 is 0. The van der Waals surface area contributed by atoms with Crippen LogP contribution in [-0.4, -0.2) is 30.8 Å². The van der Waals surface area contributed by atoms with Crippen molar-refractivity contribution in [3.05, 3.63) is 39.8 Å². The van der Waals surface area contributed by atoms with Gasteiger partial charge in [0, 0.05) is 10.9 Å². The lowest BCUT2D eigenvalue weighted by Gasteiger charge is -2.08. The number of H-pyrrole nitrogens is 1. The van der Waals surface area contributed by atoms with Gasteiger partial charge in [-0.25, -0.2) is 19.1 Å². The van der Waals surface area contributed by atoms with Crippen LogP contribution in [0.1, 0.15) is 15.9 Å². The highest BCUT2D eigenvalue weighted by Gasteiger charge is 2.15. The summed E-state index contributed by atoms with van der Waals surface area (Å²) in [4.78, 5) is 22.7. The summed E-state index contributed by atoms with van der Waals surface area (Å²) in [6.07, 6.45) is 0. The van der Waals surface area contributed by atoms with Crippen molar-refractivity contribution in [1.29, 1.82) is 0 Å². The molecule has 19 heavy (non-hydrogen) atoms. The second kappa shape index (κ2) is 3.58. The van der Waals surface area contributed by atoms with Crippen molar-refractivity contribution in [3.63, 3.8) is 0 Å². The van der Waals surface area contributed by atoms with Gasteiger partial charge in [0.2, 0.25) is 5.65 Å². The summed E-state index contributed by atoms with van der Waals surface area (Å²) in [5.74, 6) is -1.19. The molecule has 7 heteroatoms. The molecule has 0 aliphatic heterocycles. The molecule has 2 heterocycles. The molecule has 7 nitrogen and oxygen atoms in total. The summed E-state index contributed by atoms with van der Waals surface area (Å²) < 4.78 is 1.16. The fraction of sp³-hybridized carbons (Fsp3) is 0.0833. The van der Waals surface area contributed by atoms with Gasteiger partial charge in [-0.05, 0) is 19.1 Å². The molecular formula is C12H9N3O4. The average molecular weight is 259 g/mol. The van der Waals surface area contributed by atoms with Gasteiger partial charge in [0.05, 0.1) is 11.1 Å². The standard InChI is InChI=1S/C12H9N3O4/c1-5-7-3-2-6(11(17)18)4-8(7)15-10(9(5)16)13-14-12(15)19/h2-4,16H,1H3,(H,14,19)(H,17,18). The minimum Gasteiger partial charge on any atom is -0.504 e. The molecule has 0 aliphatic carbocycles. The number of fused-ring (bicyclic) bond motifs is 3. The lowest BCUT2D eigenvalue weighted by molar-refractivity contribution is 0.0697. The maximum atomic E-state index is 11.7. The molecule has 0 radical (unpaired) electrons. The van der Waals surface area contributed by atoms with Gasteiger partial charge in [0.25, 0.3) is 0 Å². The number of aromatic carboxylic acids is 1. The van der Waals surface area contributed by atoms with Gasteiger partial charge in [0.1, 0.15) is 0 Å². The molecule has 0 unspecified atom stereocenters. The van der Waals surface area contributed by atoms with E-state index in [1.165, 1.54) is 12.1 Å². The first-order valence-corrected chi connectivity index (χ1v) is 5.46. The Morgan fingerprint density at radius 2 is 2.16 bits per heavy atom. The number of hydrogen-bond donors (Lipinski definition) is 3. The molecule has 0 atom stereocenters. The SMILES string of the molecule is Cc1c(O)c2n[nH]c(=O)n2c2cc(C(=O)O)ccc12. The number of aromatic hydroxyl groups is 1. The minimum atomic E-state index is -1.09. The van der Waals surface area contributed by atoms with E-state index < -0.39 is 11.7 Å². The molecule has 2 aromatic heterocycles. The van der Waals surface area contributed by atoms with Crippen molar-refractivity contribution >= 4 is 22.5 Å². The van der Waals surface area contributed by atoms with Crippen LogP contribution in [0.3, 0.4) is 0 Å². The van der Waals surface area contributed by atoms with Crippen molar-refractivity contribution < 1.29 is 15.0 Å². The van der Waals surface area contributed by atoms with E-state index in [0.717, 1.165) is 4.40 Å². The van der Waals surface area contributed by atoms with Gasteiger partial charge in [-0.2, -0.15) is 0 Å². The number of benzene rings is 1. The zero-order valence-electron chi connectivity index (χ0n) is 9.84. The molecular weight excluding hydrogens is 250 g/mol. The van der Waals surface area contributed by atoms with Crippen molar-refractivity contribution in [2.75, 3.05) is 0 Å². The largest absolute Gasteiger partial charge is 0.504 e. The van der Waals surface area contributed by atoms with Crippen LogP contribution in [-0.2, 0) is 0 Å². The highest BCUT2D eigenvalue weighted by Crippen LogP contribution is 2.29. The fourth-order valence-corrected chi connectivity index (χ4v) is 2.14. The van der Waals surface area contributed by atoms with Gasteiger partial charge < -0.3 is 10.2 Å². The number of carbonyl (C=O) groups is 1. The summed E-state index contributed by atoms with van der Waals surface area (Å²) in [6, 6.07) is 4.37. The third-order valence-electron chi connectivity index (χ3n) is 3.13. The number of hydrogen-bond acceptors (Lipinski definition) is 4. The van der Waals surface area contributed by atoms with E-state index in [-0.39, 0.29) is 17.0 Å². The molecule has 3 aromatic rings. The van der Waals surface area contributed by atoms with Crippen molar-refractivity contribution in [2.45, 2.75) is 6.92 Å². The number of carboxylic acid groups (broad SMARTS) is 1. The Kier molecular flexibility index (Phi) is 2.12. The van der Waals surface area contributed by atoms with Crippen LogP contribution in [0.15, 0.2) is 23.0 Å². The first-order chi connectivity index (χ1) is 9.00. The molecule has 0 spiro atoms. The Balaban J connectivity index is 2.62. The lowest BCUT2D eigenvalue weighted by atomic mass is 10.1. The summed E-state index contributed by atoms with van der Waals surface area (Å²) in [5, 5.41) is 25.6. The molecule has 0 bridgehead atoms. The van der Waals surface area contributed by atoms with Crippen LogP contribution in [0.4, 0.5) is 0 Å². The van der Waals surface area contributed by atoms with Crippen LogP contribution >= 0.6 is 0 Å². The zero-order valence-corrected chi connectivity index (χ0v) is 9.84. The second-order valence-corrected chi connectivity index (χ2v) is 4.20. The summed E-state index contributed by atoms with van der Waals surface area (Å²) in [7, 11) is 0. The van der Waals surface area contributed by atoms with Crippen molar-refractivity contribution in [2.24, 2.45) is 0 Å².